The zero-order valence-corrected chi connectivity index (χ0v) is 12.1. The van der Waals surface area contributed by atoms with Crippen LogP contribution in [-0.4, -0.2) is 43.1 Å². The molecule has 0 aliphatic carbocycles. The maximum absolute atomic E-state index is 11.6. The zero-order valence-electron chi connectivity index (χ0n) is 11.3. The highest BCUT2D eigenvalue weighted by Gasteiger charge is 2.11. The number of likely N-dealkylation sites (N-methyl/N-ethyl adjacent to an activating group) is 1. The van der Waals surface area contributed by atoms with E-state index in [1.807, 2.05) is 6.92 Å². The molecule has 0 spiro atoms. The molecule has 0 atom stereocenters. The Morgan fingerprint density at radius 3 is 2.63 bits per heavy atom. The van der Waals surface area contributed by atoms with Crippen molar-refractivity contribution in [2.24, 2.45) is 5.73 Å². The summed E-state index contributed by atoms with van der Waals surface area (Å²) in [5, 5.41) is 0. The number of ether oxygens (including phenoxy) is 2. The van der Waals surface area contributed by atoms with E-state index in [1.165, 1.54) is 7.11 Å². The van der Waals surface area contributed by atoms with Gasteiger partial charge in [-0.25, -0.2) is 0 Å². The lowest BCUT2D eigenvalue weighted by atomic mass is 10.2. The highest BCUT2D eigenvalue weighted by Crippen LogP contribution is 2.28. The molecule has 0 saturated carbocycles. The quantitative estimate of drug-likeness (QED) is 0.794. The fourth-order valence-corrected chi connectivity index (χ4v) is 1.49. The van der Waals surface area contributed by atoms with Gasteiger partial charge in [-0.2, -0.15) is 0 Å². The predicted molar refractivity (Wildman–Crippen MR) is 77.7 cm³/mol. The minimum Gasteiger partial charge on any atom is -0.493 e. The van der Waals surface area contributed by atoms with Crippen LogP contribution in [0.2, 0.25) is 0 Å². The monoisotopic (exact) mass is 282 g/mol. The van der Waals surface area contributed by atoms with Crippen molar-refractivity contribution < 1.29 is 14.3 Å². The van der Waals surface area contributed by atoms with Crippen LogP contribution < -0.4 is 15.2 Å². The number of methoxy groups -OCH3 is 1. The number of carbonyl (C=O) groups excluding carboxylic acids is 1. The van der Waals surface area contributed by atoms with Crippen LogP contribution in [0.1, 0.15) is 12.5 Å². The van der Waals surface area contributed by atoms with Gasteiger partial charge in [0, 0.05) is 19.2 Å². The number of hydrogen-bond acceptors (Lipinski definition) is 4. The van der Waals surface area contributed by atoms with E-state index >= 15 is 0 Å². The summed E-state index contributed by atoms with van der Waals surface area (Å²) >= 11 is 4.89. The van der Waals surface area contributed by atoms with Crippen molar-refractivity contribution in [3.63, 3.8) is 0 Å². The molecular weight excluding hydrogens is 264 g/mol. The molecule has 1 aromatic carbocycles. The van der Waals surface area contributed by atoms with Crippen molar-refractivity contribution in [1.29, 1.82) is 0 Å². The van der Waals surface area contributed by atoms with Gasteiger partial charge < -0.3 is 20.1 Å². The minimum atomic E-state index is -0.0945. The van der Waals surface area contributed by atoms with E-state index < -0.39 is 0 Å². The van der Waals surface area contributed by atoms with Gasteiger partial charge >= 0.3 is 0 Å². The van der Waals surface area contributed by atoms with Gasteiger partial charge in [-0.15, -0.1) is 0 Å². The van der Waals surface area contributed by atoms with Gasteiger partial charge in [0.05, 0.1) is 7.11 Å². The first kappa shape index (κ1) is 15.2. The van der Waals surface area contributed by atoms with E-state index in [4.69, 9.17) is 27.4 Å². The number of thiocarbonyl (C=S) groups is 1. The molecular formula is C13H18N2O3S. The van der Waals surface area contributed by atoms with Crippen LogP contribution in [-0.2, 0) is 4.79 Å². The summed E-state index contributed by atoms with van der Waals surface area (Å²) in [4.78, 5) is 13.5. The molecule has 0 bridgehead atoms. The normalized spacial score (nSPS) is 9.84. The van der Waals surface area contributed by atoms with Crippen molar-refractivity contribution in [1.82, 2.24) is 4.90 Å². The van der Waals surface area contributed by atoms with Crippen molar-refractivity contribution in [2.45, 2.75) is 6.92 Å². The molecule has 0 saturated heterocycles. The second kappa shape index (κ2) is 6.94. The Balaban J connectivity index is 2.78. The summed E-state index contributed by atoms with van der Waals surface area (Å²) in [6, 6.07) is 5.10. The van der Waals surface area contributed by atoms with Gasteiger partial charge in [0.15, 0.2) is 18.1 Å². The fraction of sp³-hybridized carbons (Fsp3) is 0.385. The lowest BCUT2D eigenvalue weighted by Crippen LogP contribution is -2.31. The number of carbonyl (C=O) groups is 1. The first-order valence-corrected chi connectivity index (χ1v) is 6.25. The smallest absolute Gasteiger partial charge is 0.260 e. The van der Waals surface area contributed by atoms with E-state index in [9.17, 15) is 4.79 Å². The Kier molecular flexibility index (Phi) is 5.57. The maximum Gasteiger partial charge on any atom is 0.260 e. The van der Waals surface area contributed by atoms with Crippen molar-refractivity contribution in [2.75, 3.05) is 27.3 Å². The molecule has 5 nitrogen and oxygen atoms in total. The van der Waals surface area contributed by atoms with Gasteiger partial charge in [0.2, 0.25) is 0 Å². The highest BCUT2D eigenvalue weighted by atomic mass is 32.1. The summed E-state index contributed by atoms with van der Waals surface area (Å²) in [5.41, 5.74) is 6.23. The highest BCUT2D eigenvalue weighted by molar-refractivity contribution is 7.80. The third-order valence-corrected chi connectivity index (χ3v) is 2.94. The van der Waals surface area contributed by atoms with E-state index in [0.717, 1.165) is 0 Å². The number of benzene rings is 1. The average Bonchev–Trinajstić information content (AvgIpc) is 2.43. The number of hydrogen-bond donors (Lipinski definition) is 1. The number of nitrogens with zero attached hydrogens (tertiary/aromatic N) is 1. The predicted octanol–water partition coefficient (Wildman–Crippen LogP) is 1.19. The fourth-order valence-electron chi connectivity index (χ4n) is 1.37. The maximum atomic E-state index is 11.6. The number of rotatable bonds is 6. The first-order chi connectivity index (χ1) is 8.99. The van der Waals surface area contributed by atoms with Crippen LogP contribution >= 0.6 is 12.2 Å². The summed E-state index contributed by atoms with van der Waals surface area (Å²) in [6.07, 6.45) is 0. The van der Waals surface area contributed by atoms with Crippen LogP contribution in [0, 0.1) is 0 Å². The third kappa shape index (κ3) is 4.10. The summed E-state index contributed by atoms with van der Waals surface area (Å²) in [6.45, 7) is 2.50. The van der Waals surface area contributed by atoms with Gasteiger partial charge in [-0.1, -0.05) is 12.2 Å². The molecule has 19 heavy (non-hydrogen) atoms. The Bertz CT molecular complexity index is 477. The van der Waals surface area contributed by atoms with Crippen LogP contribution in [0.15, 0.2) is 18.2 Å². The lowest BCUT2D eigenvalue weighted by Gasteiger charge is -2.16. The second-order valence-corrected chi connectivity index (χ2v) is 4.37. The van der Waals surface area contributed by atoms with Gasteiger partial charge in [-0.3, -0.25) is 4.79 Å². The summed E-state index contributed by atoms with van der Waals surface area (Å²) < 4.78 is 10.6. The van der Waals surface area contributed by atoms with E-state index in [1.54, 1.807) is 30.1 Å². The molecule has 0 radical (unpaired) electrons. The molecule has 0 heterocycles. The molecule has 0 fully saturated rings. The Labute approximate surface area is 118 Å². The molecule has 104 valence electrons. The molecule has 2 N–H and O–H groups in total. The minimum absolute atomic E-state index is 0.0346. The standard InChI is InChI=1S/C13H18N2O3S/c1-4-15(2)12(16)8-18-10-6-5-9(13(14)19)7-11(10)17-3/h5-7H,4,8H2,1-3H3,(H2,14,19). The molecule has 0 aliphatic rings. The Morgan fingerprint density at radius 1 is 1.42 bits per heavy atom. The molecule has 1 rings (SSSR count). The molecule has 6 heteroatoms. The third-order valence-electron chi connectivity index (χ3n) is 2.70. The van der Waals surface area contributed by atoms with Gasteiger partial charge in [0.1, 0.15) is 4.99 Å². The van der Waals surface area contributed by atoms with E-state index in [0.29, 0.717) is 23.6 Å². The van der Waals surface area contributed by atoms with Gasteiger partial charge in [0.25, 0.3) is 5.91 Å². The van der Waals surface area contributed by atoms with Crippen molar-refractivity contribution in [3.05, 3.63) is 23.8 Å². The Morgan fingerprint density at radius 2 is 2.11 bits per heavy atom. The second-order valence-electron chi connectivity index (χ2n) is 3.93. The molecule has 0 unspecified atom stereocenters. The van der Waals surface area contributed by atoms with Crippen LogP contribution in [0.5, 0.6) is 11.5 Å². The van der Waals surface area contributed by atoms with Crippen LogP contribution in [0.3, 0.4) is 0 Å². The summed E-state index contributed by atoms with van der Waals surface area (Å²) in [5.74, 6) is 0.889. The lowest BCUT2D eigenvalue weighted by molar-refractivity contribution is -0.131. The molecule has 1 amide bonds. The molecule has 0 aliphatic heterocycles. The average molecular weight is 282 g/mol. The SMILES string of the molecule is CCN(C)C(=O)COc1ccc(C(N)=S)cc1OC. The first-order valence-electron chi connectivity index (χ1n) is 5.84. The Hall–Kier alpha value is -1.82. The van der Waals surface area contributed by atoms with Crippen LogP contribution in [0.4, 0.5) is 0 Å². The van der Waals surface area contributed by atoms with Crippen LogP contribution in [0.25, 0.3) is 0 Å². The van der Waals surface area contributed by atoms with Crippen molar-refractivity contribution in [3.8, 4) is 11.5 Å². The zero-order chi connectivity index (χ0) is 14.4. The largest absolute Gasteiger partial charge is 0.493 e. The summed E-state index contributed by atoms with van der Waals surface area (Å²) in [7, 11) is 3.24. The van der Waals surface area contributed by atoms with E-state index in [-0.39, 0.29) is 17.5 Å². The number of nitrogens with two attached hydrogens (primary N) is 1. The number of amides is 1. The van der Waals surface area contributed by atoms with Crippen molar-refractivity contribution >= 4 is 23.1 Å². The topological polar surface area (TPSA) is 64.8 Å². The molecule has 0 aromatic heterocycles. The van der Waals surface area contributed by atoms with Gasteiger partial charge in [-0.05, 0) is 25.1 Å². The van der Waals surface area contributed by atoms with E-state index in [2.05, 4.69) is 0 Å². The molecule has 1 aromatic rings.